The Morgan fingerprint density at radius 1 is 0.446 bits per heavy atom. The van der Waals surface area contributed by atoms with Crippen LogP contribution >= 0.6 is 0 Å². The van der Waals surface area contributed by atoms with Crippen LogP contribution < -0.4 is 64.2 Å². The second-order valence-corrected chi connectivity index (χ2v) is 23.2. The number of hydrogen-bond acceptors (Lipinski definition) is 23. The molecule has 0 aliphatic carbocycles. The number of nitrogens with two attached hydrogens (primary N) is 1. The van der Waals surface area contributed by atoms with Crippen LogP contribution in [0, 0.1) is 0 Å². The first-order valence-electron chi connectivity index (χ1n) is 30.3. The molecule has 3 saturated heterocycles. The highest BCUT2D eigenvalue weighted by molar-refractivity contribution is 6.01. The molecule has 19 atom stereocenters. The number of carbonyl (C=O) groups excluding carboxylic acids is 12. The summed E-state index contributed by atoms with van der Waals surface area (Å²) in [4.78, 5) is 189. The number of aliphatic carboxylic acids is 2. The Morgan fingerprint density at radius 2 is 0.826 bits per heavy atom. The zero-order chi connectivity index (χ0) is 69.6. The lowest BCUT2D eigenvalue weighted by Gasteiger charge is -2.33. The fraction of sp³-hybridized carbons (Fsp3) is 0.745. The zero-order valence-corrected chi connectivity index (χ0v) is 52.3. The molecule has 0 aromatic rings. The Labute approximate surface area is 529 Å². The SMILES string of the molecule is CC(NC(=O)C1CCCN1C(=O)C(NC(=O)C(NC(=O)C(CO)NC(=O)C(CC(=O)O)NC(=O)C(NC(=O)C(NC(=O)C1CCCN1)C(C)O)C(C)O)C(C)O)C(C)O)C(=O)N1CCCC1C(=O)NC(C(=O)NC(C(=O)NC(CCCCN)C(=O)O)C(C)O)C(C)O. The average Bonchev–Trinajstić information content (AvgIpc) is 1.73. The Bertz CT molecular complexity index is 2620. The van der Waals surface area contributed by atoms with Gasteiger partial charge in [-0.3, -0.25) is 62.3 Å². The van der Waals surface area contributed by atoms with Crippen LogP contribution in [0.4, 0.5) is 0 Å². The highest BCUT2D eigenvalue weighted by Gasteiger charge is 2.45. The normalized spacial score (nSPS) is 21.5. The van der Waals surface area contributed by atoms with Gasteiger partial charge in [0.2, 0.25) is 70.9 Å². The number of aliphatic hydroxyl groups excluding tert-OH is 7. The van der Waals surface area contributed by atoms with Crippen LogP contribution in [0.2, 0.25) is 0 Å². The maximum absolute atomic E-state index is 14.2. The Kier molecular flexibility index (Phi) is 31.6. The number of nitrogens with zero attached hydrogens (tertiary/aromatic N) is 2. The molecule has 0 spiro atoms. The van der Waals surface area contributed by atoms with E-state index in [4.69, 9.17) is 5.73 Å². The Hall–Kier alpha value is -7.78. The minimum Gasteiger partial charge on any atom is -0.481 e. The molecule has 520 valence electrons. The predicted octanol–water partition coefficient (Wildman–Crippen LogP) is -10.4. The van der Waals surface area contributed by atoms with E-state index in [0.717, 1.165) is 51.3 Å². The summed E-state index contributed by atoms with van der Waals surface area (Å²) in [5, 5.41) is 118. The van der Waals surface area contributed by atoms with Gasteiger partial charge in [-0.05, 0) is 119 Å². The minimum atomic E-state index is -2.10. The second kappa shape index (κ2) is 37.1. The van der Waals surface area contributed by atoms with Crippen molar-refractivity contribution in [1.29, 1.82) is 0 Å². The van der Waals surface area contributed by atoms with Crippen LogP contribution in [-0.4, -0.2) is 287 Å². The molecule has 0 bridgehead atoms. The van der Waals surface area contributed by atoms with E-state index in [-0.39, 0.29) is 51.7 Å². The molecule has 22 N–H and O–H groups in total. The molecule has 3 aliphatic rings. The van der Waals surface area contributed by atoms with E-state index in [0.29, 0.717) is 32.2 Å². The number of aliphatic hydroxyl groups is 7. The van der Waals surface area contributed by atoms with Gasteiger partial charge in [-0.1, -0.05) is 0 Å². The summed E-state index contributed by atoms with van der Waals surface area (Å²) in [6.07, 6.45) is -8.90. The second-order valence-electron chi connectivity index (χ2n) is 23.2. The summed E-state index contributed by atoms with van der Waals surface area (Å²) in [7, 11) is 0. The molecule has 3 aliphatic heterocycles. The molecule has 12 amide bonds. The maximum Gasteiger partial charge on any atom is 0.326 e. The largest absolute Gasteiger partial charge is 0.481 e. The molecule has 3 rings (SSSR count). The van der Waals surface area contributed by atoms with E-state index in [1.165, 1.54) is 6.92 Å². The van der Waals surface area contributed by atoms with Gasteiger partial charge in [0.25, 0.3) is 0 Å². The first-order chi connectivity index (χ1) is 43.1. The smallest absolute Gasteiger partial charge is 0.326 e. The summed E-state index contributed by atoms with van der Waals surface area (Å²) in [5.74, 6) is -16.3. The summed E-state index contributed by atoms with van der Waals surface area (Å²) >= 11 is 0. The van der Waals surface area contributed by atoms with E-state index in [9.17, 15) is 113 Å². The molecule has 0 saturated carbocycles. The van der Waals surface area contributed by atoms with E-state index >= 15 is 0 Å². The zero-order valence-electron chi connectivity index (χ0n) is 52.3. The maximum atomic E-state index is 14.2. The van der Waals surface area contributed by atoms with Crippen molar-refractivity contribution in [2.24, 2.45) is 5.73 Å². The summed E-state index contributed by atoms with van der Waals surface area (Å²) in [6, 6.07) is -21.3. The molecular weight excluding hydrogens is 1220 g/mol. The van der Waals surface area contributed by atoms with Crippen LogP contribution in [-0.2, 0) is 67.1 Å². The molecule has 0 aromatic carbocycles. The molecule has 37 heteroatoms. The Morgan fingerprint density at radius 3 is 1.24 bits per heavy atom. The molecule has 37 nitrogen and oxygen atoms in total. The number of carboxylic acid groups (broad SMARTS) is 2. The van der Waals surface area contributed by atoms with Crippen molar-refractivity contribution in [3.8, 4) is 0 Å². The van der Waals surface area contributed by atoms with Crippen molar-refractivity contribution in [1.82, 2.24) is 68.3 Å². The summed E-state index contributed by atoms with van der Waals surface area (Å²) in [6.45, 7) is 7.22. The number of carbonyl (C=O) groups is 14. The number of likely N-dealkylation sites (tertiary alicyclic amines) is 2. The van der Waals surface area contributed by atoms with Crippen LogP contribution in [0.25, 0.3) is 0 Å². The molecule has 92 heavy (non-hydrogen) atoms. The summed E-state index contributed by atoms with van der Waals surface area (Å²) in [5.41, 5.74) is 5.48. The monoisotopic (exact) mass is 1320 g/mol. The van der Waals surface area contributed by atoms with Crippen molar-refractivity contribution in [2.75, 3.05) is 32.8 Å². The van der Waals surface area contributed by atoms with Gasteiger partial charge in [0.05, 0.1) is 55.7 Å². The van der Waals surface area contributed by atoms with Gasteiger partial charge in [0, 0.05) is 13.1 Å². The van der Waals surface area contributed by atoms with Crippen molar-refractivity contribution < 1.29 is 113 Å². The Balaban J connectivity index is 1.69. The number of unbranched alkanes of at least 4 members (excludes halogenated alkanes) is 1. The third-order valence-corrected chi connectivity index (χ3v) is 15.5. The van der Waals surface area contributed by atoms with Gasteiger partial charge < -0.3 is 120 Å². The lowest BCUT2D eigenvalue weighted by molar-refractivity contribution is -0.146. The van der Waals surface area contributed by atoms with Gasteiger partial charge >= 0.3 is 11.9 Å². The van der Waals surface area contributed by atoms with E-state index in [2.05, 4.69) is 47.9 Å². The predicted molar refractivity (Wildman–Crippen MR) is 315 cm³/mol. The molecule has 19 unspecified atom stereocenters. The van der Waals surface area contributed by atoms with Crippen LogP contribution in [0.1, 0.15) is 113 Å². The third kappa shape index (κ3) is 22.8. The van der Waals surface area contributed by atoms with Gasteiger partial charge in [-0.25, -0.2) is 4.79 Å². The van der Waals surface area contributed by atoms with Crippen molar-refractivity contribution >= 4 is 82.8 Å². The number of carboxylic acids is 2. The van der Waals surface area contributed by atoms with Crippen LogP contribution in [0.5, 0.6) is 0 Å². The van der Waals surface area contributed by atoms with Gasteiger partial charge in [-0.2, -0.15) is 0 Å². The lowest BCUT2D eigenvalue weighted by atomic mass is 10.1. The molecule has 3 heterocycles. The van der Waals surface area contributed by atoms with E-state index in [1.54, 1.807) is 0 Å². The lowest BCUT2D eigenvalue weighted by Crippen LogP contribution is -2.64. The van der Waals surface area contributed by atoms with Gasteiger partial charge in [-0.15, -0.1) is 0 Å². The van der Waals surface area contributed by atoms with Gasteiger partial charge in [0.1, 0.15) is 72.5 Å². The minimum absolute atomic E-state index is 0.00217. The average molecular weight is 1320 g/mol. The fourth-order valence-electron chi connectivity index (χ4n) is 10.3. The molecule has 3 fully saturated rings. The van der Waals surface area contributed by atoms with E-state index in [1.807, 2.05) is 10.6 Å². The van der Waals surface area contributed by atoms with Gasteiger partial charge in [0.15, 0.2) is 0 Å². The first-order valence-corrected chi connectivity index (χ1v) is 30.3. The van der Waals surface area contributed by atoms with Crippen molar-refractivity contribution in [3.05, 3.63) is 0 Å². The number of hydrogen-bond donors (Lipinski definition) is 21. The van der Waals surface area contributed by atoms with Crippen molar-refractivity contribution in [2.45, 2.75) is 228 Å². The quantitative estimate of drug-likeness (QED) is 0.0259. The topological polar surface area (TPSA) is 586 Å². The summed E-state index contributed by atoms with van der Waals surface area (Å²) < 4.78 is 0. The number of nitrogens with one attached hydrogen (secondary N) is 11. The third-order valence-electron chi connectivity index (χ3n) is 15.5. The fourth-order valence-corrected chi connectivity index (χ4v) is 10.3. The molecular formula is C55H92N14O23. The number of rotatable bonds is 36. The molecule has 0 aromatic heterocycles. The first kappa shape index (κ1) is 78.5. The van der Waals surface area contributed by atoms with Crippen molar-refractivity contribution in [3.63, 3.8) is 0 Å². The number of amides is 12. The highest BCUT2D eigenvalue weighted by Crippen LogP contribution is 2.22. The van der Waals surface area contributed by atoms with Crippen LogP contribution in [0.3, 0.4) is 0 Å². The highest BCUT2D eigenvalue weighted by atomic mass is 16.4. The van der Waals surface area contributed by atoms with E-state index < -0.39 is 211 Å². The molecule has 0 radical (unpaired) electrons. The standard InChI is InChI=1S/C55H92N14O23/c1-23(53(89)68-19-11-16-35(68)47(83)64-41(28(6)75)51(87)65-37(24(2)71)48(84)59-31(55(91)92)13-8-9-17-56)58-46(82)34-15-12-20-69(34)54(90)42(29(7)76)67-52(88)40(27(5)74)63-45(81)33(22-70)61-44(80)32(21-36(77)78)60-49(85)38(25(3)72)66-50(86)39(26(4)73)62-43(79)30-14-10-18-57-30/h23-35,37-42,57,70-76H,8-22,56H2,1-7H3,(H,58,82)(H,59,84)(H,60,85)(H,61,80)(H,62,79)(H,63,81)(H,64,83)(H,65,87)(H,66,86)(H,67,88)(H,77,78)(H,91,92). The van der Waals surface area contributed by atoms with Crippen LogP contribution in [0.15, 0.2) is 0 Å².